The van der Waals surface area contributed by atoms with Crippen LogP contribution in [-0.2, 0) is 4.79 Å². The summed E-state index contributed by atoms with van der Waals surface area (Å²) in [5.74, 6) is -0.0704. The quantitative estimate of drug-likeness (QED) is 0.654. The minimum atomic E-state index is -0.0704. The van der Waals surface area contributed by atoms with Crippen molar-refractivity contribution in [1.82, 2.24) is 10.2 Å². The first-order valence-corrected chi connectivity index (χ1v) is 4.84. The second-order valence-corrected chi connectivity index (χ2v) is 3.58. The average Bonchev–Trinajstić information content (AvgIpc) is 2.16. The van der Waals surface area contributed by atoms with Crippen LogP contribution in [0.3, 0.4) is 0 Å². The molecular weight excluding hydrogens is 164 g/mol. The molecule has 0 saturated carbocycles. The highest BCUT2D eigenvalue weighted by Gasteiger charge is 2.18. The van der Waals surface area contributed by atoms with E-state index in [1.54, 1.807) is 0 Å². The Balaban J connectivity index is 2.26. The van der Waals surface area contributed by atoms with Gasteiger partial charge >= 0.3 is 0 Å². The van der Waals surface area contributed by atoms with E-state index in [1.807, 2.05) is 0 Å². The molecule has 1 aliphatic rings. The maximum Gasteiger partial charge on any atom is 0.243 e. The van der Waals surface area contributed by atoms with Gasteiger partial charge in [-0.3, -0.25) is 4.79 Å². The summed E-state index contributed by atoms with van der Waals surface area (Å²) in [4.78, 5) is 13.2. The highest BCUT2D eigenvalue weighted by atomic mass is 16.1. The maximum absolute atomic E-state index is 10.9. The van der Waals surface area contributed by atoms with Crippen molar-refractivity contribution in [3.8, 4) is 0 Å². The molecule has 0 aromatic heterocycles. The molecule has 3 heteroatoms. The fourth-order valence-electron chi connectivity index (χ4n) is 1.69. The fourth-order valence-corrected chi connectivity index (χ4v) is 1.69. The number of amides is 1. The molecule has 1 unspecified atom stereocenters. The summed E-state index contributed by atoms with van der Waals surface area (Å²) in [5, 5.41) is 2.83. The minimum Gasteiger partial charge on any atom is -0.351 e. The molecule has 0 aromatic rings. The molecule has 3 nitrogen and oxygen atoms in total. The predicted octanol–water partition coefficient (Wildman–Crippen LogP) is 0.773. The number of likely N-dealkylation sites (N-methyl/N-ethyl adjacent to an activating group) is 1. The van der Waals surface area contributed by atoms with Crippen LogP contribution in [-0.4, -0.2) is 37.0 Å². The molecule has 1 rings (SSSR count). The Kier molecular flexibility index (Phi) is 3.96. The molecule has 0 spiro atoms. The SMILES string of the molecule is C=CC(=O)NCC1CCCCN1C. The third kappa shape index (κ3) is 3.19. The molecule has 1 aliphatic heterocycles. The van der Waals surface area contributed by atoms with E-state index in [-0.39, 0.29) is 5.91 Å². The highest BCUT2D eigenvalue weighted by Crippen LogP contribution is 2.13. The molecule has 0 aromatic carbocycles. The Bertz CT molecular complexity index is 191. The van der Waals surface area contributed by atoms with E-state index in [4.69, 9.17) is 0 Å². The Morgan fingerprint density at radius 3 is 3.08 bits per heavy atom. The van der Waals surface area contributed by atoms with Crippen LogP contribution in [0, 0.1) is 0 Å². The van der Waals surface area contributed by atoms with Crippen LogP contribution in [0.5, 0.6) is 0 Å². The molecule has 0 radical (unpaired) electrons. The van der Waals surface area contributed by atoms with Crippen molar-refractivity contribution in [2.75, 3.05) is 20.1 Å². The Morgan fingerprint density at radius 1 is 1.69 bits per heavy atom. The second-order valence-electron chi connectivity index (χ2n) is 3.58. The van der Waals surface area contributed by atoms with E-state index in [0.717, 1.165) is 13.1 Å². The minimum absolute atomic E-state index is 0.0704. The summed E-state index contributed by atoms with van der Waals surface area (Å²) in [7, 11) is 2.11. The number of nitrogens with zero attached hydrogens (tertiary/aromatic N) is 1. The summed E-state index contributed by atoms with van der Waals surface area (Å²) in [6, 6.07) is 0.512. The largest absolute Gasteiger partial charge is 0.351 e. The lowest BCUT2D eigenvalue weighted by molar-refractivity contribution is -0.116. The zero-order valence-corrected chi connectivity index (χ0v) is 8.25. The molecule has 1 heterocycles. The van der Waals surface area contributed by atoms with Crippen LogP contribution in [0.4, 0.5) is 0 Å². The molecule has 0 bridgehead atoms. The normalized spacial score (nSPS) is 23.9. The number of hydrogen-bond acceptors (Lipinski definition) is 2. The van der Waals surface area contributed by atoms with Gasteiger partial charge in [0, 0.05) is 12.6 Å². The van der Waals surface area contributed by atoms with Crippen molar-refractivity contribution in [1.29, 1.82) is 0 Å². The van der Waals surface area contributed by atoms with E-state index in [0.29, 0.717) is 6.04 Å². The standard InChI is InChI=1S/C10H18N2O/c1-3-10(13)11-8-9-6-4-5-7-12(9)2/h3,9H,1,4-8H2,2H3,(H,11,13). The molecule has 1 saturated heterocycles. The Morgan fingerprint density at radius 2 is 2.46 bits per heavy atom. The summed E-state index contributed by atoms with van der Waals surface area (Å²) >= 11 is 0. The van der Waals surface area contributed by atoms with Crippen LogP contribution in [0.2, 0.25) is 0 Å². The summed E-state index contributed by atoms with van der Waals surface area (Å²) in [6.07, 6.45) is 5.07. The zero-order chi connectivity index (χ0) is 9.68. The van der Waals surface area contributed by atoms with Crippen molar-refractivity contribution in [3.05, 3.63) is 12.7 Å². The van der Waals surface area contributed by atoms with Gasteiger partial charge in [-0.15, -0.1) is 0 Å². The molecule has 1 atom stereocenters. The number of carbonyl (C=O) groups excluding carboxylic acids is 1. The summed E-state index contributed by atoms with van der Waals surface area (Å²) in [6.45, 7) is 5.32. The molecular formula is C10H18N2O. The van der Waals surface area contributed by atoms with E-state index < -0.39 is 0 Å². The number of hydrogen-bond donors (Lipinski definition) is 1. The van der Waals surface area contributed by atoms with Gasteiger partial charge in [-0.2, -0.15) is 0 Å². The lowest BCUT2D eigenvalue weighted by Gasteiger charge is -2.32. The first-order valence-electron chi connectivity index (χ1n) is 4.84. The summed E-state index contributed by atoms with van der Waals surface area (Å²) in [5.41, 5.74) is 0. The molecule has 13 heavy (non-hydrogen) atoms. The third-order valence-corrected chi connectivity index (χ3v) is 2.62. The summed E-state index contributed by atoms with van der Waals surface area (Å²) < 4.78 is 0. The fraction of sp³-hybridized carbons (Fsp3) is 0.700. The van der Waals surface area contributed by atoms with Crippen LogP contribution >= 0.6 is 0 Å². The number of rotatable bonds is 3. The first kappa shape index (κ1) is 10.3. The lowest BCUT2D eigenvalue weighted by atomic mass is 10.0. The van der Waals surface area contributed by atoms with E-state index >= 15 is 0 Å². The Labute approximate surface area is 79.8 Å². The molecule has 1 N–H and O–H groups in total. The van der Waals surface area contributed by atoms with Gasteiger partial charge in [0.05, 0.1) is 0 Å². The van der Waals surface area contributed by atoms with Gasteiger partial charge in [0.15, 0.2) is 0 Å². The van der Waals surface area contributed by atoms with Gasteiger partial charge < -0.3 is 10.2 Å². The van der Waals surface area contributed by atoms with Gasteiger partial charge in [-0.25, -0.2) is 0 Å². The lowest BCUT2D eigenvalue weighted by Crippen LogP contribution is -2.44. The van der Waals surface area contributed by atoms with Crippen molar-refractivity contribution < 1.29 is 4.79 Å². The number of piperidine rings is 1. The van der Waals surface area contributed by atoms with Crippen molar-refractivity contribution >= 4 is 5.91 Å². The maximum atomic E-state index is 10.9. The van der Waals surface area contributed by atoms with Crippen molar-refractivity contribution in [2.45, 2.75) is 25.3 Å². The molecule has 1 amide bonds. The van der Waals surface area contributed by atoms with Gasteiger partial charge in [-0.05, 0) is 32.5 Å². The van der Waals surface area contributed by atoms with Crippen LogP contribution in [0.1, 0.15) is 19.3 Å². The first-order chi connectivity index (χ1) is 6.24. The van der Waals surface area contributed by atoms with Gasteiger partial charge in [0.25, 0.3) is 0 Å². The van der Waals surface area contributed by atoms with E-state index in [2.05, 4.69) is 23.8 Å². The van der Waals surface area contributed by atoms with Crippen LogP contribution in [0.15, 0.2) is 12.7 Å². The third-order valence-electron chi connectivity index (χ3n) is 2.62. The monoisotopic (exact) mass is 182 g/mol. The van der Waals surface area contributed by atoms with Gasteiger partial charge in [0.2, 0.25) is 5.91 Å². The molecule has 74 valence electrons. The second kappa shape index (κ2) is 5.02. The number of nitrogens with one attached hydrogen (secondary N) is 1. The average molecular weight is 182 g/mol. The van der Waals surface area contributed by atoms with Crippen molar-refractivity contribution in [2.24, 2.45) is 0 Å². The topological polar surface area (TPSA) is 32.3 Å². The number of carbonyl (C=O) groups is 1. The van der Waals surface area contributed by atoms with Crippen LogP contribution < -0.4 is 5.32 Å². The van der Waals surface area contributed by atoms with E-state index in [1.165, 1.54) is 25.3 Å². The molecule has 1 fully saturated rings. The smallest absolute Gasteiger partial charge is 0.243 e. The van der Waals surface area contributed by atoms with Gasteiger partial charge in [0.1, 0.15) is 0 Å². The van der Waals surface area contributed by atoms with Gasteiger partial charge in [-0.1, -0.05) is 13.0 Å². The predicted molar refractivity (Wildman–Crippen MR) is 53.5 cm³/mol. The molecule has 0 aliphatic carbocycles. The van der Waals surface area contributed by atoms with E-state index in [9.17, 15) is 4.79 Å². The number of likely N-dealkylation sites (tertiary alicyclic amines) is 1. The highest BCUT2D eigenvalue weighted by molar-refractivity contribution is 5.86. The Hall–Kier alpha value is -0.830. The van der Waals surface area contributed by atoms with Crippen molar-refractivity contribution in [3.63, 3.8) is 0 Å². The zero-order valence-electron chi connectivity index (χ0n) is 8.25. The van der Waals surface area contributed by atoms with Crippen LogP contribution in [0.25, 0.3) is 0 Å².